The van der Waals surface area contributed by atoms with Crippen LogP contribution in [0.5, 0.6) is 0 Å². The molecule has 0 radical (unpaired) electrons. The highest BCUT2D eigenvalue weighted by Gasteiger charge is 2.19. The maximum atomic E-state index is 12.5. The van der Waals surface area contributed by atoms with Crippen LogP contribution in [-0.4, -0.2) is 42.3 Å². The van der Waals surface area contributed by atoms with Gasteiger partial charge in [0, 0.05) is 34.0 Å². The van der Waals surface area contributed by atoms with Gasteiger partial charge >= 0.3 is 0 Å². The first-order chi connectivity index (χ1) is 14.6. The number of sulfonamides is 1. The van der Waals surface area contributed by atoms with Crippen molar-refractivity contribution < 1.29 is 13.2 Å². The average molecular weight is 443 g/mol. The number of aromatic nitrogens is 2. The number of amides is 1. The molecule has 3 aromatic rings. The normalized spacial score (nSPS) is 13.0. The summed E-state index contributed by atoms with van der Waals surface area (Å²) in [5.74, 6) is 0.694. The molecule has 3 rings (SSSR count). The molecule has 0 spiro atoms. The topological polar surface area (TPSA) is 84.3 Å². The molecule has 31 heavy (non-hydrogen) atoms. The molecule has 0 bridgehead atoms. The van der Waals surface area contributed by atoms with E-state index in [0.29, 0.717) is 18.4 Å². The monoisotopic (exact) mass is 442 g/mol. The highest BCUT2D eigenvalue weighted by atomic mass is 32.2. The third-order valence-corrected chi connectivity index (χ3v) is 7.38. The molecule has 1 N–H and O–H groups in total. The lowest BCUT2D eigenvalue weighted by Crippen LogP contribution is -2.27. The van der Waals surface area contributed by atoms with E-state index in [1.54, 1.807) is 18.2 Å². The number of fused-ring (bicyclic) bond motifs is 1. The molecule has 1 aromatic heterocycles. The van der Waals surface area contributed by atoms with E-state index < -0.39 is 10.0 Å². The fourth-order valence-corrected chi connectivity index (χ4v) is 4.41. The van der Waals surface area contributed by atoms with Crippen LogP contribution in [0.1, 0.15) is 43.3 Å². The van der Waals surface area contributed by atoms with Crippen LogP contribution in [0, 0.1) is 0 Å². The summed E-state index contributed by atoms with van der Waals surface area (Å²) in [6, 6.07) is 13.1. The third-order valence-electron chi connectivity index (χ3n) is 5.56. The van der Waals surface area contributed by atoms with Gasteiger partial charge in [-0.3, -0.25) is 4.79 Å². The summed E-state index contributed by atoms with van der Waals surface area (Å²) in [7, 11) is 1.36. The summed E-state index contributed by atoms with van der Waals surface area (Å²) < 4.78 is 27.8. The lowest BCUT2D eigenvalue weighted by molar-refractivity contribution is -0.121. The second kappa shape index (κ2) is 9.20. The lowest BCUT2D eigenvalue weighted by atomic mass is 10.0. The predicted octanol–water partition coefficient (Wildman–Crippen LogP) is 3.20. The van der Waals surface area contributed by atoms with E-state index in [9.17, 15) is 13.2 Å². The van der Waals surface area contributed by atoms with Crippen molar-refractivity contribution in [2.45, 2.75) is 44.0 Å². The maximum Gasteiger partial charge on any atom is 0.242 e. The van der Waals surface area contributed by atoms with Gasteiger partial charge in [0.15, 0.2) is 0 Å². The van der Waals surface area contributed by atoms with Crippen molar-refractivity contribution in [1.29, 1.82) is 0 Å². The molecule has 166 valence electrons. The number of carbonyl (C=O) groups excluding carboxylic acids is 1. The van der Waals surface area contributed by atoms with Crippen molar-refractivity contribution in [2.24, 2.45) is 7.05 Å². The number of hydrogen-bond acceptors (Lipinski definition) is 4. The Kier molecular flexibility index (Phi) is 6.81. The number of rotatable bonds is 8. The smallest absolute Gasteiger partial charge is 0.242 e. The number of hydrogen-bond donors (Lipinski definition) is 1. The van der Waals surface area contributed by atoms with E-state index in [4.69, 9.17) is 0 Å². The van der Waals surface area contributed by atoms with Crippen LogP contribution in [-0.2, 0) is 34.7 Å². The molecule has 0 aliphatic rings. The summed E-state index contributed by atoms with van der Waals surface area (Å²) in [6.07, 6.45) is 1.76. The third kappa shape index (κ3) is 4.97. The van der Waals surface area contributed by atoms with Gasteiger partial charge in [-0.2, -0.15) is 0 Å². The van der Waals surface area contributed by atoms with Crippen molar-refractivity contribution in [3.05, 3.63) is 59.4 Å². The Morgan fingerprint density at radius 1 is 1.16 bits per heavy atom. The van der Waals surface area contributed by atoms with Crippen molar-refractivity contribution in [3.8, 4) is 0 Å². The Labute approximate surface area is 184 Å². The van der Waals surface area contributed by atoms with Gasteiger partial charge in [-0.1, -0.05) is 31.2 Å². The molecule has 8 heteroatoms. The van der Waals surface area contributed by atoms with Gasteiger partial charge in [-0.25, -0.2) is 17.7 Å². The lowest BCUT2D eigenvalue weighted by Gasteiger charge is -2.15. The molecule has 0 saturated heterocycles. The fourth-order valence-electron chi connectivity index (χ4n) is 3.49. The van der Waals surface area contributed by atoms with Crippen molar-refractivity contribution in [1.82, 2.24) is 19.2 Å². The quantitative estimate of drug-likeness (QED) is 0.581. The first kappa shape index (κ1) is 23.0. The Balaban J connectivity index is 1.68. The number of nitrogens with zero attached hydrogens (tertiary/aromatic N) is 3. The maximum absolute atomic E-state index is 12.5. The van der Waals surface area contributed by atoms with Crippen LogP contribution in [0.15, 0.2) is 47.4 Å². The number of aryl methyl sites for hydroxylation is 3. The molecule has 1 amide bonds. The highest BCUT2D eigenvalue weighted by Crippen LogP contribution is 2.22. The number of carbonyl (C=O) groups is 1. The number of benzene rings is 2. The molecule has 2 aromatic carbocycles. The zero-order valence-corrected chi connectivity index (χ0v) is 19.5. The molecule has 0 fully saturated rings. The standard InChI is InChI=1S/C23H30N4O3S/c1-6-17-7-9-18(10-8-17)16(2)24-23(28)14-13-22-25-20-15-19(31(29,30)26(3)4)11-12-21(20)27(22)5/h7-12,15-16H,6,13-14H2,1-5H3,(H,24,28)/t16-/m1/s1. The first-order valence-electron chi connectivity index (χ1n) is 10.4. The van der Waals surface area contributed by atoms with Crippen LogP contribution in [0.4, 0.5) is 0 Å². The zero-order valence-electron chi connectivity index (χ0n) is 18.7. The van der Waals surface area contributed by atoms with Crippen LogP contribution in [0.25, 0.3) is 11.0 Å². The predicted molar refractivity (Wildman–Crippen MR) is 122 cm³/mol. The van der Waals surface area contributed by atoms with Crippen LogP contribution in [0.2, 0.25) is 0 Å². The van der Waals surface area contributed by atoms with Gasteiger partial charge < -0.3 is 9.88 Å². The molecule has 1 heterocycles. The minimum atomic E-state index is -3.52. The summed E-state index contributed by atoms with van der Waals surface area (Å²) in [6.45, 7) is 4.09. The molecular weight excluding hydrogens is 412 g/mol. The van der Waals surface area contributed by atoms with Crippen LogP contribution < -0.4 is 5.32 Å². The van der Waals surface area contributed by atoms with Gasteiger partial charge in [0.05, 0.1) is 22.0 Å². The molecule has 0 unspecified atom stereocenters. The van der Waals surface area contributed by atoms with Gasteiger partial charge in [0.1, 0.15) is 5.82 Å². The molecule has 0 aliphatic heterocycles. The summed E-state index contributed by atoms with van der Waals surface area (Å²) in [4.78, 5) is 17.3. The first-order valence-corrected chi connectivity index (χ1v) is 11.8. The van der Waals surface area contributed by atoms with E-state index in [-0.39, 0.29) is 16.8 Å². The van der Waals surface area contributed by atoms with Gasteiger partial charge in [0.25, 0.3) is 0 Å². The minimum Gasteiger partial charge on any atom is -0.350 e. The molecule has 0 saturated carbocycles. The van der Waals surface area contributed by atoms with Crippen molar-refractivity contribution in [3.63, 3.8) is 0 Å². The summed E-state index contributed by atoms with van der Waals surface area (Å²) in [5.41, 5.74) is 3.77. The Morgan fingerprint density at radius 3 is 2.45 bits per heavy atom. The second-order valence-corrected chi connectivity index (χ2v) is 10.1. The van der Waals surface area contributed by atoms with Crippen molar-refractivity contribution in [2.75, 3.05) is 14.1 Å². The SMILES string of the molecule is CCc1ccc([C@@H](C)NC(=O)CCc2nc3cc(S(=O)(=O)N(C)C)ccc3n2C)cc1. The van der Waals surface area contributed by atoms with E-state index in [2.05, 4.69) is 41.5 Å². The van der Waals surface area contributed by atoms with Gasteiger partial charge in [0.2, 0.25) is 15.9 Å². The van der Waals surface area contributed by atoms with E-state index >= 15 is 0 Å². The van der Waals surface area contributed by atoms with Crippen LogP contribution in [0.3, 0.4) is 0 Å². The zero-order chi connectivity index (χ0) is 22.8. The Morgan fingerprint density at radius 2 is 1.84 bits per heavy atom. The Hall–Kier alpha value is -2.71. The average Bonchev–Trinajstić information content (AvgIpc) is 3.07. The fraction of sp³-hybridized carbons (Fsp3) is 0.391. The van der Waals surface area contributed by atoms with Crippen molar-refractivity contribution >= 4 is 27.0 Å². The van der Waals surface area contributed by atoms with E-state index in [1.807, 2.05) is 18.5 Å². The molecule has 7 nitrogen and oxygen atoms in total. The second-order valence-electron chi connectivity index (χ2n) is 7.91. The van der Waals surface area contributed by atoms with E-state index in [0.717, 1.165) is 23.3 Å². The van der Waals surface area contributed by atoms with E-state index in [1.165, 1.54) is 24.0 Å². The molecular formula is C23H30N4O3S. The summed E-state index contributed by atoms with van der Waals surface area (Å²) >= 11 is 0. The Bertz CT molecular complexity index is 1180. The highest BCUT2D eigenvalue weighted by molar-refractivity contribution is 7.89. The largest absolute Gasteiger partial charge is 0.350 e. The minimum absolute atomic E-state index is 0.0463. The van der Waals surface area contributed by atoms with Gasteiger partial charge in [-0.15, -0.1) is 0 Å². The summed E-state index contributed by atoms with van der Waals surface area (Å²) in [5, 5.41) is 3.04. The van der Waals surface area contributed by atoms with Gasteiger partial charge in [-0.05, 0) is 42.7 Å². The molecule has 1 atom stereocenters. The number of imidazole rings is 1. The molecule has 0 aliphatic carbocycles. The van der Waals surface area contributed by atoms with Crippen LogP contribution >= 0.6 is 0 Å². The number of nitrogens with one attached hydrogen (secondary N) is 1.